The Morgan fingerprint density at radius 1 is 1.10 bits per heavy atom. The second-order valence-electron chi connectivity index (χ2n) is 6.59. The molecule has 0 spiro atoms. The minimum Gasteiger partial charge on any atom is -0.357 e. The fourth-order valence-electron chi connectivity index (χ4n) is 2.96. The Morgan fingerprint density at radius 3 is 2.24 bits per heavy atom. The highest BCUT2D eigenvalue weighted by molar-refractivity contribution is 5.84. The number of rotatable bonds is 10. The van der Waals surface area contributed by atoms with E-state index in [1.54, 1.807) is 0 Å². The smallest absolute Gasteiger partial charge is 0.357 e. The van der Waals surface area contributed by atoms with Crippen molar-refractivity contribution < 1.29 is 18.0 Å². The molecule has 0 aliphatic heterocycles. The van der Waals surface area contributed by atoms with Crippen LogP contribution in [-0.2, 0) is 4.79 Å². The maximum Gasteiger partial charge on any atom is 0.406 e. The Hall–Kier alpha value is -2.29. The monoisotopic (exact) mass is 415 g/mol. The van der Waals surface area contributed by atoms with Crippen LogP contribution in [0.2, 0.25) is 0 Å². The van der Waals surface area contributed by atoms with E-state index < -0.39 is 18.6 Å². The van der Waals surface area contributed by atoms with Crippen molar-refractivity contribution in [1.29, 1.82) is 0 Å². The highest BCUT2D eigenvalue weighted by Gasteiger charge is 2.31. The molecule has 0 aromatic heterocycles. The first-order chi connectivity index (χ1) is 13.7. The largest absolute Gasteiger partial charge is 0.406 e. The van der Waals surface area contributed by atoms with Crippen molar-refractivity contribution in [2.75, 3.05) is 46.3 Å². The minimum atomic E-state index is -4.43. The molecule has 0 aliphatic carbocycles. The van der Waals surface area contributed by atoms with Gasteiger partial charge in [0, 0.05) is 20.1 Å². The number of carbonyl (C=O) groups excluding carboxylic acids is 1. The maximum absolute atomic E-state index is 12.4. The zero-order valence-electron chi connectivity index (χ0n) is 17.6. The van der Waals surface area contributed by atoms with Crippen LogP contribution in [0.25, 0.3) is 0 Å². The molecule has 164 valence electrons. The summed E-state index contributed by atoms with van der Waals surface area (Å²) in [6, 6.07) is 10.2. The molecule has 0 bridgehead atoms. The van der Waals surface area contributed by atoms with E-state index in [1.807, 2.05) is 25.1 Å². The van der Waals surface area contributed by atoms with Crippen LogP contribution in [0, 0.1) is 0 Å². The number of aliphatic imine (C=N–C) groups is 1. The van der Waals surface area contributed by atoms with Gasteiger partial charge in [-0.2, -0.15) is 13.2 Å². The van der Waals surface area contributed by atoms with Crippen LogP contribution in [-0.4, -0.2) is 74.2 Å². The van der Waals surface area contributed by atoms with Crippen molar-refractivity contribution in [3.05, 3.63) is 35.9 Å². The van der Waals surface area contributed by atoms with Crippen molar-refractivity contribution in [2.24, 2.45) is 4.99 Å². The third kappa shape index (κ3) is 9.17. The molecule has 29 heavy (non-hydrogen) atoms. The van der Waals surface area contributed by atoms with Gasteiger partial charge in [-0.1, -0.05) is 44.2 Å². The molecule has 0 fully saturated rings. The second-order valence-corrected chi connectivity index (χ2v) is 6.59. The highest BCUT2D eigenvalue weighted by atomic mass is 19.4. The predicted molar refractivity (Wildman–Crippen MR) is 110 cm³/mol. The zero-order valence-corrected chi connectivity index (χ0v) is 17.6. The average Bonchev–Trinajstić information content (AvgIpc) is 2.68. The van der Waals surface area contributed by atoms with Gasteiger partial charge in [-0.05, 0) is 25.6 Å². The molecule has 0 saturated heterocycles. The molecular formula is C20H32F3N5O. The summed E-state index contributed by atoms with van der Waals surface area (Å²) >= 11 is 0. The second kappa shape index (κ2) is 12.3. The summed E-state index contributed by atoms with van der Waals surface area (Å²) in [7, 11) is 1.12. The number of halogens is 3. The molecule has 0 radical (unpaired) electrons. The highest BCUT2D eigenvalue weighted by Crippen LogP contribution is 2.19. The number of nitrogens with zero attached hydrogens (tertiary/aromatic N) is 3. The van der Waals surface area contributed by atoms with Crippen LogP contribution in [0.15, 0.2) is 35.3 Å². The van der Waals surface area contributed by atoms with Gasteiger partial charge in [0.2, 0.25) is 5.91 Å². The van der Waals surface area contributed by atoms with Crippen LogP contribution in [0.4, 0.5) is 13.2 Å². The van der Waals surface area contributed by atoms with Crippen molar-refractivity contribution in [2.45, 2.75) is 33.0 Å². The number of guanidine groups is 1. The summed E-state index contributed by atoms with van der Waals surface area (Å²) in [5.41, 5.74) is 1.15. The SMILES string of the molecule is CCNC(=NCC(=O)N(C)CC(F)(F)F)NCC(c1ccccc1)N(CC)CC. The summed E-state index contributed by atoms with van der Waals surface area (Å²) in [6.45, 7) is 7.27. The molecule has 0 heterocycles. The van der Waals surface area contributed by atoms with Gasteiger partial charge in [-0.25, -0.2) is 4.99 Å². The number of likely N-dealkylation sites (N-methyl/N-ethyl adjacent to an activating group) is 2. The van der Waals surface area contributed by atoms with E-state index in [0.29, 0.717) is 23.9 Å². The fourth-order valence-corrected chi connectivity index (χ4v) is 2.96. The van der Waals surface area contributed by atoms with Gasteiger partial charge < -0.3 is 15.5 Å². The van der Waals surface area contributed by atoms with Gasteiger partial charge in [0.15, 0.2) is 5.96 Å². The topological polar surface area (TPSA) is 60.0 Å². The average molecular weight is 416 g/mol. The molecule has 1 aromatic rings. The number of carbonyl (C=O) groups is 1. The third-order valence-corrected chi connectivity index (χ3v) is 4.46. The molecule has 2 N–H and O–H groups in total. The van der Waals surface area contributed by atoms with Gasteiger partial charge in [0.1, 0.15) is 13.1 Å². The molecule has 9 heteroatoms. The maximum atomic E-state index is 12.4. The van der Waals surface area contributed by atoms with Gasteiger partial charge in [-0.3, -0.25) is 9.69 Å². The molecule has 1 unspecified atom stereocenters. The van der Waals surface area contributed by atoms with Crippen LogP contribution >= 0.6 is 0 Å². The van der Waals surface area contributed by atoms with Crippen LogP contribution in [0.3, 0.4) is 0 Å². The van der Waals surface area contributed by atoms with Gasteiger partial charge in [-0.15, -0.1) is 0 Å². The van der Waals surface area contributed by atoms with Crippen molar-refractivity contribution in [3.8, 4) is 0 Å². The van der Waals surface area contributed by atoms with E-state index in [-0.39, 0.29) is 12.6 Å². The Labute approximate surface area is 171 Å². The van der Waals surface area contributed by atoms with Gasteiger partial charge >= 0.3 is 6.18 Å². The lowest BCUT2D eigenvalue weighted by Gasteiger charge is -2.30. The third-order valence-electron chi connectivity index (χ3n) is 4.46. The van der Waals surface area contributed by atoms with Gasteiger partial charge in [0.25, 0.3) is 0 Å². The molecule has 1 aromatic carbocycles. The number of hydrogen-bond donors (Lipinski definition) is 2. The fraction of sp³-hybridized carbons (Fsp3) is 0.600. The predicted octanol–water partition coefficient (Wildman–Crippen LogP) is 2.65. The lowest BCUT2D eigenvalue weighted by atomic mass is 10.1. The molecule has 6 nitrogen and oxygen atoms in total. The summed E-state index contributed by atoms with van der Waals surface area (Å²) in [6.07, 6.45) is -4.43. The first-order valence-corrected chi connectivity index (χ1v) is 9.83. The normalized spacial score (nSPS) is 13.3. The first kappa shape index (κ1) is 24.7. The van der Waals surface area contributed by atoms with Crippen molar-refractivity contribution in [3.63, 3.8) is 0 Å². The molecule has 1 atom stereocenters. The molecule has 1 rings (SSSR count). The molecule has 1 amide bonds. The van der Waals surface area contributed by atoms with E-state index >= 15 is 0 Å². The molecular weight excluding hydrogens is 383 g/mol. The number of amides is 1. The lowest BCUT2D eigenvalue weighted by molar-refractivity contribution is -0.157. The van der Waals surface area contributed by atoms with E-state index in [9.17, 15) is 18.0 Å². The summed E-state index contributed by atoms with van der Waals surface area (Å²) in [5.74, 6) is -0.294. The number of alkyl halides is 3. The minimum absolute atomic E-state index is 0.0960. The number of benzene rings is 1. The zero-order chi connectivity index (χ0) is 21.9. The standard InChI is InChI=1S/C20H32F3N5O/c1-5-24-19(26-14-18(29)27(4)15-20(21,22)23)25-13-17(28(6-2)7-3)16-11-9-8-10-12-16/h8-12,17H,5-7,13-15H2,1-4H3,(H2,24,25,26). The van der Waals surface area contributed by atoms with Crippen LogP contribution in [0.5, 0.6) is 0 Å². The molecule has 0 saturated carbocycles. The summed E-state index contributed by atoms with van der Waals surface area (Å²) in [4.78, 5) is 19.0. The van der Waals surface area contributed by atoms with Crippen LogP contribution < -0.4 is 10.6 Å². The summed E-state index contributed by atoms with van der Waals surface area (Å²) < 4.78 is 37.3. The number of nitrogens with one attached hydrogen (secondary N) is 2. The van der Waals surface area contributed by atoms with E-state index in [0.717, 1.165) is 25.7 Å². The number of hydrogen-bond acceptors (Lipinski definition) is 3. The van der Waals surface area contributed by atoms with Crippen molar-refractivity contribution >= 4 is 11.9 Å². The Bertz CT molecular complexity index is 633. The van der Waals surface area contributed by atoms with Crippen molar-refractivity contribution in [1.82, 2.24) is 20.4 Å². The summed E-state index contributed by atoms with van der Waals surface area (Å²) in [5, 5.41) is 6.25. The Balaban J connectivity index is 2.82. The first-order valence-electron chi connectivity index (χ1n) is 9.83. The van der Waals surface area contributed by atoms with E-state index in [2.05, 4.69) is 46.5 Å². The quantitative estimate of drug-likeness (QED) is 0.456. The van der Waals surface area contributed by atoms with E-state index in [1.165, 1.54) is 0 Å². The van der Waals surface area contributed by atoms with Gasteiger partial charge in [0.05, 0.1) is 6.04 Å². The van der Waals surface area contributed by atoms with Crippen LogP contribution in [0.1, 0.15) is 32.4 Å². The Kier molecular flexibility index (Phi) is 10.5. The van der Waals surface area contributed by atoms with E-state index in [4.69, 9.17) is 0 Å². The Morgan fingerprint density at radius 2 is 1.72 bits per heavy atom. The molecule has 0 aliphatic rings. The lowest BCUT2D eigenvalue weighted by Crippen LogP contribution is -2.44.